The third kappa shape index (κ3) is 4.66. The molecular weight excluding hydrogens is 382 g/mol. The Labute approximate surface area is 174 Å². The van der Waals surface area contributed by atoms with E-state index in [1.807, 2.05) is 37.3 Å². The lowest BCUT2D eigenvalue weighted by Crippen LogP contribution is -2.31. The Kier molecular flexibility index (Phi) is 5.75. The predicted molar refractivity (Wildman–Crippen MR) is 110 cm³/mol. The highest BCUT2D eigenvalue weighted by atomic mass is 16.5. The smallest absolute Gasteiger partial charge is 0.313 e. The maximum Gasteiger partial charge on any atom is 0.313 e. The second kappa shape index (κ2) is 8.78. The summed E-state index contributed by atoms with van der Waals surface area (Å²) in [5, 5.41) is 0. The van der Waals surface area contributed by atoms with Crippen LogP contribution in [-0.2, 0) is 16.0 Å². The van der Waals surface area contributed by atoms with Gasteiger partial charge in [-0.15, -0.1) is 0 Å². The number of hydrogen-bond acceptors (Lipinski definition) is 6. The van der Waals surface area contributed by atoms with E-state index in [1.165, 1.54) is 0 Å². The van der Waals surface area contributed by atoms with E-state index < -0.39 is 11.9 Å². The molecule has 1 aromatic heterocycles. The molecule has 0 spiro atoms. The molecule has 6 heteroatoms. The number of carbonyl (C=O) groups excluding carboxylic acids is 2. The lowest BCUT2D eigenvalue weighted by molar-refractivity contribution is -0.148. The fraction of sp³-hybridized carbons (Fsp3) is 0.208. The summed E-state index contributed by atoms with van der Waals surface area (Å²) in [5.41, 5.74) is 2.24. The van der Waals surface area contributed by atoms with Crippen molar-refractivity contribution >= 4 is 11.8 Å². The zero-order valence-corrected chi connectivity index (χ0v) is 16.5. The number of hydrogen-bond donors (Lipinski definition) is 0. The summed E-state index contributed by atoms with van der Waals surface area (Å²) in [6.07, 6.45) is 2.15. The summed E-state index contributed by atoms with van der Waals surface area (Å²) >= 11 is 0. The van der Waals surface area contributed by atoms with Gasteiger partial charge in [0, 0.05) is 23.5 Å². The van der Waals surface area contributed by atoms with Crippen LogP contribution in [0.15, 0.2) is 66.9 Å². The minimum atomic E-state index is -0.473. The minimum Gasteiger partial charge on any atom is -0.492 e. The lowest BCUT2D eigenvalue weighted by atomic mass is 9.96. The highest BCUT2D eigenvalue weighted by Gasteiger charge is 2.28. The molecule has 0 aliphatic carbocycles. The van der Waals surface area contributed by atoms with Crippen LogP contribution < -0.4 is 9.47 Å². The molecule has 4 rings (SSSR count). The van der Waals surface area contributed by atoms with Gasteiger partial charge in [-0.05, 0) is 43.2 Å². The molecule has 6 nitrogen and oxygen atoms in total. The monoisotopic (exact) mass is 403 g/mol. The van der Waals surface area contributed by atoms with E-state index >= 15 is 0 Å². The Balaban J connectivity index is 1.38. The summed E-state index contributed by atoms with van der Waals surface area (Å²) in [6.45, 7) is 1.83. The number of pyridine rings is 1. The van der Waals surface area contributed by atoms with E-state index in [0.717, 1.165) is 17.0 Å². The highest BCUT2D eigenvalue weighted by molar-refractivity contribution is 5.98. The highest BCUT2D eigenvalue weighted by Crippen LogP contribution is 2.33. The topological polar surface area (TPSA) is 74.7 Å². The largest absolute Gasteiger partial charge is 0.492 e. The molecule has 1 aliphatic rings. The Bertz CT molecular complexity index is 1060. The molecule has 1 unspecified atom stereocenters. The van der Waals surface area contributed by atoms with E-state index in [-0.39, 0.29) is 19.0 Å². The quantitative estimate of drug-likeness (QED) is 0.454. The molecule has 152 valence electrons. The van der Waals surface area contributed by atoms with Crippen LogP contribution >= 0.6 is 0 Å². The van der Waals surface area contributed by atoms with Gasteiger partial charge in [-0.3, -0.25) is 14.6 Å². The summed E-state index contributed by atoms with van der Waals surface area (Å²) in [6, 6.07) is 17.9. The van der Waals surface area contributed by atoms with Gasteiger partial charge >= 0.3 is 5.97 Å². The first-order chi connectivity index (χ1) is 14.6. The Morgan fingerprint density at radius 2 is 1.87 bits per heavy atom. The molecule has 0 N–H and O–H groups in total. The van der Waals surface area contributed by atoms with Gasteiger partial charge in [-0.25, -0.2) is 0 Å². The summed E-state index contributed by atoms with van der Waals surface area (Å²) in [7, 11) is 0. The molecule has 0 amide bonds. The molecule has 0 radical (unpaired) electrons. The number of aromatic nitrogens is 1. The molecule has 0 saturated carbocycles. The van der Waals surface area contributed by atoms with Crippen LogP contribution in [0.25, 0.3) is 0 Å². The number of ether oxygens (including phenoxy) is 3. The van der Waals surface area contributed by atoms with Crippen LogP contribution in [0.3, 0.4) is 0 Å². The van der Waals surface area contributed by atoms with E-state index in [0.29, 0.717) is 23.5 Å². The predicted octanol–water partition coefficient (Wildman–Crippen LogP) is 4.16. The van der Waals surface area contributed by atoms with Crippen molar-refractivity contribution in [3.8, 4) is 17.2 Å². The molecular formula is C24H21NO5. The van der Waals surface area contributed by atoms with Gasteiger partial charge < -0.3 is 14.2 Å². The maximum atomic E-state index is 12.5. The van der Waals surface area contributed by atoms with Gasteiger partial charge in [0.2, 0.25) is 0 Å². The summed E-state index contributed by atoms with van der Waals surface area (Å²) in [5.74, 6) is 0.911. The third-order valence-corrected chi connectivity index (χ3v) is 4.82. The molecule has 2 aromatic carbocycles. The fourth-order valence-electron chi connectivity index (χ4n) is 3.27. The molecule has 0 bridgehead atoms. The second-order valence-electron chi connectivity index (χ2n) is 7.11. The van der Waals surface area contributed by atoms with E-state index in [9.17, 15) is 9.59 Å². The van der Waals surface area contributed by atoms with Crippen molar-refractivity contribution in [2.24, 2.45) is 5.92 Å². The van der Waals surface area contributed by atoms with Crippen LogP contribution in [-0.4, -0.2) is 30.0 Å². The first-order valence-electron chi connectivity index (χ1n) is 9.69. The number of rotatable bonds is 6. The number of benzene rings is 2. The average Bonchev–Trinajstić information content (AvgIpc) is 2.77. The van der Waals surface area contributed by atoms with Gasteiger partial charge in [-0.2, -0.15) is 0 Å². The molecule has 30 heavy (non-hydrogen) atoms. The van der Waals surface area contributed by atoms with Crippen LogP contribution in [0.4, 0.5) is 0 Å². The lowest BCUT2D eigenvalue weighted by Gasteiger charge is -2.24. The normalized spacial score (nSPS) is 14.9. The van der Waals surface area contributed by atoms with Gasteiger partial charge in [0.1, 0.15) is 23.9 Å². The number of carbonyl (C=O) groups is 2. The third-order valence-electron chi connectivity index (χ3n) is 4.82. The number of ketones is 1. The van der Waals surface area contributed by atoms with Crippen LogP contribution in [0, 0.1) is 12.8 Å². The first-order valence-corrected chi connectivity index (χ1v) is 9.69. The number of Topliss-reactive ketones (excluding diaryl/α,β-unsaturated/α-hetero) is 1. The van der Waals surface area contributed by atoms with E-state index in [2.05, 4.69) is 4.98 Å². The minimum absolute atomic E-state index is 0.217. The molecule has 3 aromatic rings. The van der Waals surface area contributed by atoms with Crippen LogP contribution in [0.5, 0.6) is 17.2 Å². The van der Waals surface area contributed by atoms with Crippen molar-refractivity contribution in [1.82, 2.24) is 4.98 Å². The standard InChI is InChI=1S/C24H21NO5/c1-16-11-21(9-10-25-16)30-20-7-8-23-18(13-20)12-19(14-28-23)24(27)29-15-22(26)17-5-3-2-4-6-17/h2-11,13,19H,12,14-15H2,1H3. The Morgan fingerprint density at radius 1 is 1.07 bits per heavy atom. The maximum absolute atomic E-state index is 12.5. The summed E-state index contributed by atoms with van der Waals surface area (Å²) < 4.78 is 16.9. The molecule has 1 atom stereocenters. The number of aryl methyl sites for hydroxylation is 1. The van der Waals surface area contributed by atoms with Gasteiger partial charge in [0.25, 0.3) is 0 Å². The van der Waals surface area contributed by atoms with E-state index in [4.69, 9.17) is 14.2 Å². The summed E-state index contributed by atoms with van der Waals surface area (Å²) in [4.78, 5) is 28.8. The van der Waals surface area contributed by atoms with Crippen molar-refractivity contribution in [2.75, 3.05) is 13.2 Å². The van der Waals surface area contributed by atoms with Gasteiger partial charge in [0.05, 0.1) is 5.92 Å². The van der Waals surface area contributed by atoms with Crippen LogP contribution in [0.1, 0.15) is 21.6 Å². The first kappa shape index (κ1) is 19.6. The molecule has 2 heterocycles. The van der Waals surface area contributed by atoms with Crippen molar-refractivity contribution in [2.45, 2.75) is 13.3 Å². The van der Waals surface area contributed by atoms with Crippen LogP contribution in [0.2, 0.25) is 0 Å². The molecule has 0 saturated heterocycles. The zero-order valence-electron chi connectivity index (χ0n) is 16.5. The number of nitrogens with zero attached hydrogens (tertiary/aromatic N) is 1. The average molecular weight is 403 g/mol. The van der Waals surface area contributed by atoms with Crippen molar-refractivity contribution in [1.29, 1.82) is 0 Å². The SMILES string of the molecule is Cc1cc(Oc2ccc3c(c2)CC(C(=O)OCC(=O)c2ccccc2)CO3)ccn1. The van der Waals surface area contributed by atoms with Crippen molar-refractivity contribution < 1.29 is 23.8 Å². The van der Waals surface area contributed by atoms with E-state index in [1.54, 1.807) is 36.5 Å². The Hall–Kier alpha value is -3.67. The Morgan fingerprint density at radius 3 is 2.67 bits per heavy atom. The molecule has 1 aliphatic heterocycles. The second-order valence-corrected chi connectivity index (χ2v) is 7.11. The number of esters is 1. The number of fused-ring (bicyclic) bond motifs is 1. The van der Waals surface area contributed by atoms with Gasteiger partial charge in [-0.1, -0.05) is 30.3 Å². The molecule has 0 fully saturated rings. The van der Waals surface area contributed by atoms with Gasteiger partial charge in [0.15, 0.2) is 12.4 Å². The fourth-order valence-corrected chi connectivity index (χ4v) is 3.27. The van der Waals surface area contributed by atoms with Crippen molar-refractivity contribution in [3.05, 3.63) is 83.7 Å². The zero-order chi connectivity index (χ0) is 20.9. The van der Waals surface area contributed by atoms with Crippen molar-refractivity contribution in [3.63, 3.8) is 0 Å².